The molecule has 0 saturated carbocycles. The van der Waals surface area contributed by atoms with E-state index in [9.17, 15) is 0 Å². The van der Waals surface area contributed by atoms with Gasteiger partial charge >= 0.3 is 0 Å². The van der Waals surface area contributed by atoms with Crippen molar-refractivity contribution in [3.05, 3.63) is 152 Å². The van der Waals surface area contributed by atoms with Crippen LogP contribution in [0.3, 0.4) is 0 Å². The van der Waals surface area contributed by atoms with Gasteiger partial charge in [-0.1, -0.05) is 91.0 Å². The molecule has 2 aromatic heterocycles. The molecule has 9 aromatic rings. The zero-order chi connectivity index (χ0) is 28.3. The topological polar surface area (TPSA) is 16.4 Å². The van der Waals surface area contributed by atoms with Crippen LogP contribution in [-0.2, 0) is 0 Å². The highest BCUT2D eigenvalue weighted by molar-refractivity contribution is 7.25. The lowest BCUT2D eigenvalue weighted by Crippen LogP contribution is -2.10. The van der Waals surface area contributed by atoms with Crippen LogP contribution in [0, 0.1) is 0 Å². The van der Waals surface area contributed by atoms with E-state index in [0.717, 1.165) is 39.0 Å². The first-order chi connectivity index (χ1) is 21.3. The second-order valence-corrected chi connectivity index (χ2v) is 12.1. The number of hydrogen-bond donors (Lipinski definition) is 0. The fraction of sp³-hybridized carbons (Fsp3) is 0. The quantitative estimate of drug-likeness (QED) is 0.210. The van der Waals surface area contributed by atoms with Gasteiger partial charge in [-0.25, -0.2) is 0 Å². The molecule has 0 spiro atoms. The lowest BCUT2D eigenvalue weighted by atomic mass is 10.0. The highest BCUT2D eigenvalue weighted by Crippen LogP contribution is 2.43. The first-order valence-corrected chi connectivity index (χ1v) is 15.3. The molecule has 2 nitrogen and oxygen atoms in total. The highest BCUT2D eigenvalue weighted by Gasteiger charge is 2.17. The normalized spacial score (nSPS) is 11.7. The smallest absolute Gasteiger partial charge is 0.135 e. The molecule has 0 bridgehead atoms. The van der Waals surface area contributed by atoms with E-state index in [1.165, 1.54) is 42.1 Å². The van der Waals surface area contributed by atoms with Crippen LogP contribution in [0.25, 0.3) is 64.0 Å². The van der Waals surface area contributed by atoms with Gasteiger partial charge in [-0.2, -0.15) is 0 Å². The van der Waals surface area contributed by atoms with Gasteiger partial charge in [-0.15, -0.1) is 11.3 Å². The summed E-state index contributed by atoms with van der Waals surface area (Å²) in [5.74, 6) is 0. The summed E-state index contributed by atoms with van der Waals surface area (Å²) in [6.45, 7) is 0. The molecule has 7 aromatic carbocycles. The first kappa shape index (κ1) is 24.2. The molecule has 0 saturated heterocycles. The van der Waals surface area contributed by atoms with Gasteiger partial charge in [-0.3, -0.25) is 0 Å². The van der Waals surface area contributed by atoms with E-state index < -0.39 is 0 Å². The van der Waals surface area contributed by atoms with E-state index in [2.05, 4.69) is 144 Å². The van der Waals surface area contributed by atoms with E-state index in [1.807, 2.05) is 23.5 Å². The van der Waals surface area contributed by atoms with Crippen molar-refractivity contribution in [1.29, 1.82) is 0 Å². The van der Waals surface area contributed by atoms with E-state index in [0.29, 0.717) is 0 Å². The second-order valence-electron chi connectivity index (χ2n) is 11.0. The highest BCUT2D eigenvalue weighted by atomic mass is 32.1. The lowest BCUT2D eigenvalue weighted by Gasteiger charge is -2.27. The summed E-state index contributed by atoms with van der Waals surface area (Å²) in [6.07, 6.45) is 0. The minimum absolute atomic E-state index is 0.917. The largest absolute Gasteiger partial charge is 0.456 e. The Bertz CT molecular complexity index is 2460. The molecular formula is C40H25NOS. The number of thiophene rings is 1. The summed E-state index contributed by atoms with van der Waals surface area (Å²) in [7, 11) is 0. The van der Waals surface area contributed by atoms with Crippen molar-refractivity contribution in [2.24, 2.45) is 0 Å². The average molecular weight is 568 g/mol. The minimum Gasteiger partial charge on any atom is -0.456 e. The van der Waals surface area contributed by atoms with Crippen molar-refractivity contribution >= 4 is 81.3 Å². The van der Waals surface area contributed by atoms with Gasteiger partial charge < -0.3 is 9.32 Å². The summed E-state index contributed by atoms with van der Waals surface area (Å²) in [4.78, 5) is 2.39. The van der Waals surface area contributed by atoms with Gasteiger partial charge in [0.1, 0.15) is 11.2 Å². The van der Waals surface area contributed by atoms with E-state index in [1.54, 1.807) is 0 Å². The molecule has 43 heavy (non-hydrogen) atoms. The van der Waals surface area contributed by atoms with Crippen LogP contribution >= 0.6 is 11.3 Å². The van der Waals surface area contributed by atoms with Gasteiger partial charge in [0.15, 0.2) is 0 Å². The fourth-order valence-corrected chi connectivity index (χ4v) is 7.48. The predicted octanol–water partition coefficient (Wildman–Crippen LogP) is 12.2. The third-order valence-electron chi connectivity index (χ3n) is 8.46. The molecule has 9 rings (SSSR count). The van der Waals surface area contributed by atoms with Crippen LogP contribution in [-0.4, -0.2) is 0 Å². The van der Waals surface area contributed by atoms with Crippen molar-refractivity contribution in [2.45, 2.75) is 0 Å². The van der Waals surface area contributed by atoms with Crippen LogP contribution in [0.2, 0.25) is 0 Å². The van der Waals surface area contributed by atoms with Crippen molar-refractivity contribution in [2.75, 3.05) is 4.90 Å². The maximum absolute atomic E-state index is 6.07. The van der Waals surface area contributed by atoms with E-state index >= 15 is 0 Å². The third-order valence-corrected chi connectivity index (χ3v) is 9.61. The third kappa shape index (κ3) is 3.93. The van der Waals surface area contributed by atoms with Crippen LogP contribution in [0.5, 0.6) is 0 Å². The Labute approximate surface area is 252 Å². The summed E-state index contributed by atoms with van der Waals surface area (Å²) >= 11 is 1.85. The SMILES string of the molecule is c1ccc2c(N(c3ccc(-c4ccc5oc6ccccc6c5c4)cc3)c3ccc4sc5ccccc5c4c3)cccc2c1. The monoisotopic (exact) mass is 567 g/mol. The molecule has 202 valence electrons. The zero-order valence-corrected chi connectivity index (χ0v) is 24.0. The summed E-state index contributed by atoms with van der Waals surface area (Å²) < 4.78 is 8.70. The number of benzene rings is 7. The van der Waals surface area contributed by atoms with Crippen LogP contribution < -0.4 is 4.90 Å². The van der Waals surface area contributed by atoms with Crippen molar-refractivity contribution in [3.8, 4) is 11.1 Å². The molecule has 0 unspecified atom stereocenters. The molecule has 0 aliphatic carbocycles. The number of anilines is 3. The molecule has 3 heteroatoms. The molecule has 0 amide bonds. The van der Waals surface area contributed by atoms with E-state index in [4.69, 9.17) is 4.42 Å². The van der Waals surface area contributed by atoms with E-state index in [-0.39, 0.29) is 0 Å². The molecule has 2 heterocycles. The Kier molecular flexibility index (Phi) is 5.40. The maximum atomic E-state index is 6.07. The number of hydrogen-bond acceptors (Lipinski definition) is 3. The Morgan fingerprint density at radius 3 is 2.00 bits per heavy atom. The average Bonchev–Trinajstić information content (AvgIpc) is 3.63. The van der Waals surface area contributed by atoms with Crippen molar-refractivity contribution in [1.82, 2.24) is 0 Å². The van der Waals surface area contributed by atoms with Gasteiger partial charge in [0.05, 0.1) is 5.69 Å². The maximum Gasteiger partial charge on any atom is 0.135 e. The minimum atomic E-state index is 0.917. The first-order valence-electron chi connectivity index (χ1n) is 14.5. The van der Waals surface area contributed by atoms with Crippen LogP contribution in [0.4, 0.5) is 17.1 Å². The Hall–Kier alpha value is -5.38. The zero-order valence-electron chi connectivity index (χ0n) is 23.2. The second kappa shape index (κ2) is 9.59. The summed E-state index contributed by atoms with van der Waals surface area (Å²) in [6, 6.07) is 54.4. The number of nitrogens with zero attached hydrogens (tertiary/aromatic N) is 1. The molecule has 0 N–H and O–H groups in total. The molecule has 0 aliphatic rings. The lowest BCUT2D eigenvalue weighted by molar-refractivity contribution is 0.669. The Balaban J connectivity index is 1.20. The molecule has 0 radical (unpaired) electrons. The molecular weight excluding hydrogens is 543 g/mol. The molecule has 0 atom stereocenters. The summed E-state index contributed by atoms with van der Waals surface area (Å²) in [5, 5.41) is 7.34. The number of rotatable bonds is 4. The molecule has 0 aliphatic heterocycles. The Morgan fingerprint density at radius 1 is 0.419 bits per heavy atom. The van der Waals surface area contributed by atoms with Crippen molar-refractivity contribution in [3.63, 3.8) is 0 Å². The van der Waals surface area contributed by atoms with Gasteiger partial charge in [0.25, 0.3) is 0 Å². The van der Waals surface area contributed by atoms with Gasteiger partial charge in [0.2, 0.25) is 0 Å². The van der Waals surface area contributed by atoms with Crippen molar-refractivity contribution < 1.29 is 4.42 Å². The number of furan rings is 1. The number of fused-ring (bicyclic) bond motifs is 7. The fourth-order valence-electron chi connectivity index (χ4n) is 6.39. The summed E-state index contributed by atoms with van der Waals surface area (Å²) in [5.41, 5.74) is 7.61. The van der Waals surface area contributed by atoms with Gasteiger partial charge in [0, 0.05) is 47.7 Å². The van der Waals surface area contributed by atoms with Gasteiger partial charge in [-0.05, 0) is 77.2 Å². The predicted molar refractivity (Wildman–Crippen MR) is 184 cm³/mol. The van der Waals surface area contributed by atoms with Crippen LogP contribution in [0.1, 0.15) is 0 Å². The standard InChI is InChI=1S/C40H25NOS/c1-2-10-31-27(8-1)9-7-13-36(31)41(30-21-23-40-35(25-30)33-12-4-6-15-39(33)43-40)29-19-16-26(17-20-29)28-18-22-38-34(24-28)32-11-3-5-14-37(32)42-38/h1-25H. The Morgan fingerprint density at radius 2 is 1.09 bits per heavy atom. The number of para-hydroxylation sites is 1. The molecule has 0 fully saturated rings. The van der Waals surface area contributed by atoms with Crippen LogP contribution in [0.15, 0.2) is 156 Å².